The van der Waals surface area contributed by atoms with Gasteiger partial charge in [0.25, 0.3) is 0 Å². The van der Waals surface area contributed by atoms with Crippen molar-refractivity contribution in [1.29, 1.82) is 0 Å². The Morgan fingerprint density at radius 3 is 2.82 bits per heavy atom. The number of aromatic nitrogens is 2. The SMILES string of the molecule is CCCOc1cc(C)nc(N(C)CC(=O)O)n1. The molecule has 0 aromatic carbocycles. The van der Waals surface area contributed by atoms with Crippen molar-refractivity contribution in [3.8, 4) is 5.88 Å². The molecule has 1 aromatic rings. The average molecular weight is 239 g/mol. The quantitative estimate of drug-likeness (QED) is 0.801. The third-order valence-corrected chi connectivity index (χ3v) is 1.99. The number of ether oxygens (including phenoxy) is 1. The lowest BCUT2D eigenvalue weighted by Crippen LogP contribution is -2.27. The summed E-state index contributed by atoms with van der Waals surface area (Å²) in [6.45, 7) is 4.26. The number of carboxylic acid groups (broad SMARTS) is 1. The van der Waals surface area contributed by atoms with Crippen molar-refractivity contribution in [3.63, 3.8) is 0 Å². The Balaban J connectivity index is 2.84. The number of anilines is 1. The fourth-order valence-corrected chi connectivity index (χ4v) is 1.25. The van der Waals surface area contributed by atoms with Crippen LogP contribution in [0.2, 0.25) is 0 Å². The summed E-state index contributed by atoms with van der Waals surface area (Å²) in [6.07, 6.45) is 0.892. The van der Waals surface area contributed by atoms with E-state index >= 15 is 0 Å². The van der Waals surface area contributed by atoms with Crippen LogP contribution in [0, 0.1) is 6.92 Å². The molecule has 6 heteroatoms. The predicted molar refractivity (Wildman–Crippen MR) is 63.5 cm³/mol. The fourth-order valence-electron chi connectivity index (χ4n) is 1.25. The maximum atomic E-state index is 10.6. The zero-order chi connectivity index (χ0) is 12.8. The van der Waals surface area contributed by atoms with Gasteiger partial charge in [-0.15, -0.1) is 0 Å². The molecular weight excluding hydrogens is 222 g/mol. The normalized spacial score (nSPS) is 10.1. The monoisotopic (exact) mass is 239 g/mol. The van der Waals surface area contributed by atoms with E-state index in [0.29, 0.717) is 18.4 Å². The minimum atomic E-state index is -0.923. The van der Waals surface area contributed by atoms with Gasteiger partial charge >= 0.3 is 5.97 Å². The van der Waals surface area contributed by atoms with E-state index in [1.807, 2.05) is 13.8 Å². The van der Waals surface area contributed by atoms with Crippen LogP contribution in [0.5, 0.6) is 5.88 Å². The lowest BCUT2D eigenvalue weighted by Gasteiger charge is -2.15. The molecule has 1 heterocycles. The van der Waals surface area contributed by atoms with Gasteiger partial charge in [0.05, 0.1) is 6.61 Å². The first-order valence-electron chi connectivity index (χ1n) is 5.44. The van der Waals surface area contributed by atoms with E-state index < -0.39 is 5.97 Å². The number of carbonyl (C=O) groups is 1. The van der Waals surface area contributed by atoms with Crippen LogP contribution < -0.4 is 9.64 Å². The standard InChI is InChI=1S/C11H17N3O3/c1-4-5-17-9-6-8(2)12-11(13-9)14(3)7-10(15)16/h6H,4-5,7H2,1-3H3,(H,15,16). The number of likely N-dealkylation sites (N-methyl/N-ethyl adjacent to an activating group) is 1. The summed E-state index contributed by atoms with van der Waals surface area (Å²) >= 11 is 0. The minimum Gasteiger partial charge on any atom is -0.480 e. The number of rotatable bonds is 6. The molecule has 0 unspecified atom stereocenters. The van der Waals surface area contributed by atoms with Crippen molar-refractivity contribution < 1.29 is 14.6 Å². The Labute approximate surface area is 100 Å². The zero-order valence-electron chi connectivity index (χ0n) is 10.3. The van der Waals surface area contributed by atoms with E-state index in [1.165, 1.54) is 4.90 Å². The van der Waals surface area contributed by atoms with Crippen molar-refractivity contribution >= 4 is 11.9 Å². The molecule has 0 aliphatic heterocycles. The van der Waals surface area contributed by atoms with Crippen LogP contribution >= 0.6 is 0 Å². The minimum absolute atomic E-state index is 0.142. The summed E-state index contributed by atoms with van der Waals surface area (Å²) < 4.78 is 5.41. The van der Waals surface area contributed by atoms with E-state index in [1.54, 1.807) is 13.1 Å². The van der Waals surface area contributed by atoms with Crippen LogP contribution in [0.1, 0.15) is 19.0 Å². The van der Waals surface area contributed by atoms with Crippen molar-refractivity contribution in [2.45, 2.75) is 20.3 Å². The summed E-state index contributed by atoms with van der Waals surface area (Å²) in [5.74, 6) is -0.0845. The van der Waals surface area contributed by atoms with Gasteiger partial charge in [-0.25, -0.2) is 4.98 Å². The molecular formula is C11H17N3O3. The molecule has 0 spiro atoms. The molecule has 1 rings (SSSR count). The van der Waals surface area contributed by atoms with E-state index in [-0.39, 0.29) is 6.54 Å². The van der Waals surface area contributed by atoms with E-state index in [2.05, 4.69) is 9.97 Å². The molecule has 1 N–H and O–H groups in total. The first kappa shape index (κ1) is 13.2. The molecule has 1 aromatic heterocycles. The lowest BCUT2D eigenvalue weighted by atomic mass is 10.4. The Bertz CT molecular complexity index is 396. The van der Waals surface area contributed by atoms with Gasteiger partial charge in [-0.05, 0) is 13.3 Å². The number of aryl methyl sites for hydroxylation is 1. The van der Waals surface area contributed by atoms with Crippen molar-refractivity contribution in [2.75, 3.05) is 25.1 Å². The third-order valence-electron chi connectivity index (χ3n) is 1.99. The lowest BCUT2D eigenvalue weighted by molar-refractivity contribution is -0.135. The van der Waals surface area contributed by atoms with Crippen LogP contribution in [-0.2, 0) is 4.79 Å². The second kappa shape index (κ2) is 6.03. The van der Waals surface area contributed by atoms with E-state index in [9.17, 15) is 4.79 Å². The topological polar surface area (TPSA) is 75.5 Å². The van der Waals surface area contributed by atoms with Gasteiger partial charge in [0.15, 0.2) is 0 Å². The Morgan fingerprint density at radius 2 is 2.24 bits per heavy atom. The summed E-state index contributed by atoms with van der Waals surface area (Å²) in [6, 6.07) is 1.73. The summed E-state index contributed by atoms with van der Waals surface area (Å²) in [5, 5.41) is 8.70. The van der Waals surface area contributed by atoms with Gasteiger partial charge in [-0.3, -0.25) is 4.79 Å². The van der Waals surface area contributed by atoms with Crippen LogP contribution in [-0.4, -0.2) is 41.2 Å². The first-order chi connectivity index (χ1) is 8.02. The summed E-state index contributed by atoms with van der Waals surface area (Å²) in [4.78, 5) is 20.4. The molecule has 0 amide bonds. The van der Waals surface area contributed by atoms with Gasteiger partial charge in [0, 0.05) is 18.8 Å². The Morgan fingerprint density at radius 1 is 1.53 bits per heavy atom. The highest BCUT2D eigenvalue weighted by Gasteiger charge is 2.10. The summed E-state index contributed by atoms with van der Waals surface area (Å²) in [7, 11) is 1.63. The number of carboxylic acids is 1. The molecule has 0 saturated carbocycles. The van der Waals surface area contributed by atoms with Gasteiger partial charge in [-0.1, -0.05) is 6.92 Å². The highest BCUT2D eigenvalue weighted by molar-refractivity contribution is 5.72. The molecule has 6 nitrogen and oxygen atoms in total. The molecule has 0 bridgehead atoms. The maximum Gasteiger partial charge on any atom is 0.323 e. The fraction of sp³-hybridized carbons (Fsp3) is 0.545. The molecule has 94 valence electrons. The van der Waals surface area contributed by atoms with Gasteiger partial charge in [-0.2, -0.15) is 4.98 Å². The predicted octanol–water partition coefficient (Wildman–Crippen LogP) is 1.09. The maximum absolute atomic E-state index is 10.6. The van der Waals surface area contributed by atoms with E-state index in [0.717, 1.165) is 12.1 Å². The second-order valence-corrected chi connectivity index (χ2v) is 3.75. The van der Waals surface area contributed by atoms with Crippen LogP contribution in [0.3, 0.4) is 0 Å². The molecule has 0 atom stereocenters. The smallest absolute Gasteiger partial charge is 0.323 e. The Kier molecular flexibility index (Phi) is 4.68. The molecule has 0 aliphatic carbocycles. The third kappa shape index (κ3) is 4.26. The molecule has 0 aliphatic rings. The van der Waals surface area contributed by atoms with Crippen molar-refractivity contribution in [3.05, 3.63) is 11.8 Å². The zero-order valence-corrected chi connectivity index (χ0v) is 10.3. The first-order valence-corrected chi connectivity index (χ1v) is 5.44. The molecule has 0 radical (unpaired) electrons. The molecule has 0 saturated heterocycles. The van der Waals surface area contributed by atoms with Crippen molar-refractivity contribution in [1.82, 2.24) is 9.97 Å². The number of nitrogens with zero attached hydrogens (tertiary/aromatic N) is 3. The summed E-state index contributed by atoms with van der Waals surface area (Å²) in [5.41, 5.74) is 0.748. The van der Waals surface area contributed by atoms with E-state index in [4.69, 9.17) is 9.84 Å². The number of hydrogen-bond donors (Lipinski definition) is 1. The van der Waals surface area contributed by atoms with Crippen molar-refractivity contribution in [2.24, 2.45) is 0 Å². The highest BCUT2D eigenvalue weighted by Crippen LogP contribution is 2.14. The van der Waals surface area contributed by atoms with Crippen LogP contribution in [0.4, 0.5) is 5.95 Å². The number of aliphatic carboxylic acids is 1. The molecule has 0 fully saturated rings. The van der Waals surface area contributed by atoms with Crippen LogP contribution in [0.15, 0.2) is 6.07 Å². The average Bonchev–Trinajstić information content (AvgIpc) is 2.24. The van der Waals surface area contributed by atoms with Gasteiger partial charge in [0.1, 0.15) is 6.54 Å². The van der Waals surface area contributed by atoms with Crippen LogP contribution in [0.25, 0.3) is 0 Å². The van der Waals surface area contributed by atoms with Gasteiger partial charge in [0.2, 0.25) is 11.8 Å². The number of hydrogen-bond acceptors (Lipinski definition) is 5. The Hall–Kier alpha value is -1.85. The van der Waals surface area contributed by atoms with Gasteiger partial charge < -0.3 is 14.7 Å². The highest BCUT2D eigenvalue weighted by atomic mass is 16.5. The second-order valence-electron chi connectivity index (χ2n) is 3.75. The molecule has 17 heavy (non-hydrogen) atoms. The largest absolute Gasteiger partial charge is 0.480 e.